The molecule has 0 amide bonds. The third kappa shape index (κ3) is 12.5. The van der Waals surface area contributed by atoms with E-state index in [1.54, 1.807) is 0 Å². The van der Waals surface area contributed by atoms with Gasteiger partial charge in [0.1, 0.15) is 0 Å². The van der Waals surface area contributed by atoms with Crippen molar-refractivity contribution in [3.05, 3.63) is 0 Å². The molecule has 0 aliphatic rings. The Morgan fingerprint density at radius 1 is 1.25 bits per heavy atom. The zero-order valence-electron chi connectivity index (χ0n) is 1.93. The van der Waals surface area contributed by atoms with Crippen LogP contribution >= 0.6 is 0 Å². The molecule has 0 saturated heterocycles. The molecular formula is H3O2SbSe. The second kappa shape index (κ2) is 9.05. The minimum absolute atomic E-state index is 0. The van der Waals surface area contributed by atoms with E-state index < -0.39 is 14.8 Å². The first-order valence-electron chi connectivity index (χ1n) is 0.333. The normalized spacial score (nSPS) is 3.00. The van der Waals surface area contributed by atoms with E-state index in [1.165, 1.54) is 0 Å². The predicted molar refractivity (Wildman–Crippen MR) is 17.1 cm³/mol. The van der Waals surface area contributed by atoms with Gasteiger partial charge in [-0.1, -0.05) is 0 Å². The van der Waals surface area contributed by atoms with Crippen molar-refractivity contribution in [3.63, 3.8) is 0 Å². The minimum atomic E-state index is -1.62. The fourth-order valence-electron chi connectivity index (χ4n) is 0. The molecule has 0 aliphatic heterocycles. The van der Waals surface area contributed by atoms with E-state index in [2.05, 4.69) is 0 Å². The van der Waals surface area contributed by atoms with Crippen molar-refractivity contribution in [2.45, 2.75) is 0 Å². The fourth-order valence-corrected chi connectivity index (χ4v) is 0. The topological polar surface area (TPSA) is 34.1 Å². The van der Waals surface area contributed by atoms with Crippen LogP contribution in [0.5, 0.6) is 0 Å². The number of hydrogen-bond donors (Lipinski definition) is 0. The van der Waals surface area contributed by atoms with Crippen LogP contribution in [0.15, 0.2) is 0 Å². The Morgan fingerprint density at radius 3 is 1.25 bits per heavy atom. The number of rotatable bonds is 0. The van der Waals surface area contributed by atoms with E-state index in [4.69, 9.17) is 7.67 Å². The van der Waals surface area contributed by atoms with Crippen molar-refractivity contribution in [3.8, 4) is 0 Å². The quantitative estimate of drug-likeness (QED) is 0.465. The summed E-state index contributed by atoms with van der Waals surface area (Å²) in [5.41, 5.74) is 0. The third-order valence-electron chi connectivity index (χ3n) is 0. The first kappa shape index (κ1) is 8.87. The molecule has 4 heavy (non-hydrogen) atoms. The summed E-state index contributed by atoms with van der Waals surface area (Å²) in [6.07, 6.45) is 0. The summed E-state index contributed by atoms with van der Waals surface area (Å²) in [5.74, 6) is 0. The van der Waals surface area contributed by atoms with Gasteiger partial charge in [0.2, 0.25) is 0 Å². The van der Waals surface area contributed by atoms with E-state index in [0.717, 1.165) is 0 Å². The molecule has 0 atom stereocenters. The summed E-state index contributed by atoms with van der Waals surface area (Å²) in [6, 6.07) is 0. The van der Waals surface area contributed by atoms with Crippen LogP contribution in [0.3, 0.4) is 0 Å². The maximum atomic E-state index is 8.44. The van der Waals surface area contributed by atoms with Crippen LogP contribution in [-0.4, -0.2) is 39.2 Å². The van der Waals surface area contributed by atoms with Gasteiger partial charge in [-0.05, 0) is 0 Å². The van der Waals surface area contributed by atoms with E-state index in [9.17, 15) is 0 Å². The Bertz CT molecular complexity index is 27.0. The van der Waals surface area contributed by atoms with Gasteiger partial charge in [-0.2, -0.15) is 0 Å². The first-order valence-corrected chi connectivity index (χ1v) is 1.73. The third-order valence-corrected chi connectivity index (χ3v) is 0. The predicted octanol–water partition coefficient (Wildman–Crippen LogP) is -1.80. The molecule has 0 bridgehead atoms. The molecule has 0 saturated carbocycles. The zero-order valence-corrected chi connectivity index (χ0v) is 7.68. The Kier molecular flexibility index (Phi) is 20.1. The van der Waals surface area contributed by atoms with Crippen molar-refractivity contribution < 1.29 is 7.67 Å². The Labute approximate surface area is 47.0 Å². The van der Waals surface area contributed by atoms with Crippen LogP contribution in [0.1, 0.15) is 0 Å². The fraction of sp³-hybridized carbons (Fsp3) is 0. The van der Waals surface area contributed by atoms with Crippen LogP contribution in [0.4, 0.5) is 0 Å². The van der Waals surface area contributed by atoms with Crippen LogP contribution in [-0.2, 0) is 7.67 Å². The van der Waals surface area contributed by atoms with Gasteiger partial charge >= 0.3 is 46.9 Å². The van der Waals surface area contributed by atoms with Gasteiger partial charge < -0.3 is 0 Å². The SMILES string of the molecule is O=[Se]=O.[SbH3]. The van der Waals surface area contributed by atoms with E-state index >= 15 is 0 Å². The molecular weight excluding hydrogens is 233 g/mol. The van der Waals surface area contributed by atoms with Crippen LogP contribution < -0.4 is 0 Å². The molecule has 0 aromatic carbocycles. The van der Waals surface area contributed by atoms with Crippen molar-refractivity contribution in [2.75, 3.05) is 0 Å². The zero-order chi connectivity index (χ0) is 2.71. The Hall–Kier alpha value is 0.938. The van der Waals surface area contributed by atoms with E-state index in [-0.39, 0.29) is 24.4 Å². The molecule has 26 valence electrons. The summed E-state index contributed by atoms with van der Waals surface area (Å²) in [5, 5.41) is 0. The summed E-state index contributed by atoms with van der Waals surface area (Å²) in [6.45, 7) is 0. The van der Waals surface area contributed by atoms with Gasteiger partial charge in [0.25, 0.3) is 0 Å². The van der Waals surface area contributed by atoms with E-state index in [1.807, 2.05) is 0 Å². The van der Waals surface area contributed by atoms with Crippen molar-refractivity contribution >= 4 is 39.2 Å². The van der Waals surface area contributed by atoms with Gasteiger partial charge in [0, 0.05) is 0 Å². The average Bonchev–Trinajstić information content (AvgIpc) is 0.918. The second-order valence-corrected chi connectivity index (χ2v) is 0.354. The second-order valence-electron chi connectivity index (χ2n) is 0.0680. The van der Waals surface area contributed by atoms with Gasteiger partial charge in [-0.15, -0.1) is 0 Å². The van der Waals surface area contributed by atoms with Crippen LogP contribution in [0.25, 0.3) is 0 Å². The van der Waals surface area contributed by atoms with Crippen molar-refractivity contribution in [2.24, 2.45) is 0 Å². The Balaban J connectivity index is 0. The van der Waals surface area contributed by atoms with E-state index in [0.29, 0.717) is 0 Å². The van der Waals surface area contributed by atoms with Gasteiger partial charge in [-0.25, -0.2) is 0 Å². The van der Waals surface area contributed by atoms with Crippen LogP contribution in [0.2, 0.25) is 0 Å². The number of hydrogen-bond acceptors (Lipinski definition) is 2. The van der Waals surface area contributed by atoms with Gasteiger partial charge in [0.05, 0.1) is 0 Å². The average molecular weight is 236 g/mol. The van der Waals surface area contributed by atoms with Crippen molar-refractivity contribution in [1.29, 1.82) is 0 Å². The molecule has 2 nitrogen and oxygen atoms in total. The first-order chi connectivity index (χ1) is 1.41. The van der Waals surface area contributed by atoms with Crippen LogP contribution in [0, 0.1) is 0 Å². The summed E-state index contributed by atoms with van der Waals surface area (Å²) in [4.78, 5) is 0. The Morgan fingerprint density at radius 2 is 1.25 bits per heavy atom. The molecule has 0 unspecified atom stereocenters. The molecule has 0 fully saturated rings. The molecule has 0 N–H and O–H groups in total. The summed E-state index contributed by atoms with van der Waals surface area (Å²) in [7, 11) is 0. The standard InChI is InChI=1S/O2Se.Sb.3H/c1-3-2;;;;. The van der Waals surface area contributed by atoms with Crippen molar-refractivity contribution in [1.82, 2.24) is 0 Å². The molecule has 0 heterocycles. The molecule has 0 aliphatic carbocycles. The monoisotopic (exact) mass is 236 g/mol. The molecule has 4 heteroatoms. The van der Waals surface area contributed by atoms with Gasteiger partial charge in [-0.3, -0.25) is 0 Å². The van der Waals surface area contributed by atoms with Gasteiger partial charge in [0.15, 0.2) is 0 Å². The molecule has 0 aromatic rings. The summed E-state index contributed by atoms with van der Waals surface area (Å²) < 4.78 is 16.9. The summed E-state index contributed by atoms with van der Waals surface area (Å²) >= 11 is -1.62. The molecule has 0 radical (unpaired) electrons. The molecule has 0 aromatic heterocycles. The molecule has 0 rings (SSSR count). The molecule has 0 spiro atoms. The maximum absolute atomic E-state index is 8.44.